The van der Waals surface area contributed by atoms with Gasteiger partial charge in [-0.3, -0.25) is 0 Å². The molecule has 2 atom stereocenters. The zero-order chi connectivity index (χ0) is 20.2. The number of carbonyl (C=O) groups is 2. The van der Waals surface area contributed by atoms with Crippen LogP contribution < -0.4 is 5.32 Å². The van der Waals surface area contributed by atoms with E-state index in [9.17, 15) is 14.7 Å². The smallest absolute Gasteiger partial charge is 0.408 e. The molecule has 26 heavy (non-hydrogen) atoms. The van der Waals surface area contributed by atoms with Crippen molar-refractivity contribution in [2.75, 3.05) is 0 Å². The van der Waals surface area contributed by atoms with Crippen molar-refractivity contribution in [2.24, 2.45) is 5.41 Å². The van der Waals surface area contributed by atoms with Crippen molar-refractivity contribution in [1.82, 2.24) is 5.32 Å². The van der Waals surface area contributed by atoms with Crippen molar-refractivity contribution in [3.05, 3.63) is 35.9 Å². The molecule has 0 saturated heterocycles. The summed E-state index contributed by atoms with van der Waals surface area (Å²) >= 11 is 0. The second-order valence-electron chi connectivity index (χ2n) is 8.66. The van der Waals surface area contributed by atoms with Crippen LogP contribution in [0.25, 0.3) is 0 Å². The van der Waals surface area contributed by atoms with Crippen LogP contribution in [0.3, 0.4) is 0 Å². The number of hydrogen-bond acceptors (Lipinski definition) is 5. The van der Waals surface area contributed by atoms with Gasteiger partial charge in [-0.25, -0.2) is 9.59 Å². The van der Waals surface area contributed by atoms with Crippen molar-refractivity contribution < 1.29 is 24.2 Å². The number of alkyl carbamates (subject to hydrolysis) is 1. The fourth-order valence-electron chi connectivity index (χ4n) is 2.45. The molecule has 0 saturated carbocycles. The number of esters is 1. The van der Waals surface area contributed by atoms with E-state index in [1.54, 1.807) is 41.5 Å². The van der Waals surface area contributed by atoms with Crippen LogP contribution in [0.1, 0.15) is 54.0 Å². The molecule has 0 aliphatic carbocycles. The molecule has 0 heterocycles. The van der Waals surface area contributed by atoms with E-state index in [0.717, 1.165) is 5.56 Å². The van der Waals surface area contributed by atoms with Crippen LogP contribution in [0, 0.1) is 5.41 Å². The predicted octanol–water partition coefficient (Wildman–Crippen LogP) is 3.42. The van der Waals surface area contributed by atoms with Crippen molar-refractivity contribution in [1.29, 1.82) is 0 Å². The fourth-order valence-corrected chi connectivity index (χ4v) is 2.45. The summed E-state index contributed by atoms with van der Waals surface area (Å²) in [7, 11) is 0. The van der Waals surface area contributed by atoms with E-state index in [1.165, 1.54) is 6.92 Å². The van der Waals surface area contributed by atoms with Gasteiger partial charge in [0.2, 0.25) is 0 Å². The molecule has 0 unspecified atom stereocenters. The van der Waals surface area contributed by atoms with Gasteiger partial charge in [0.05, 0.1) is 6.10 Å². The van der Waals surface area contributed by atoms with Gasteiger partial charge in [-0.2, -0.15) is 0 Å². The molecular weight excluding hydrogens is 334 g/mol. The Labute approximate surface area is 155 Å². The largest absolute Gasteiger partial charge is 0.458 e. The molecule has 2 N–H and O–H groups in total. The Hall–Kier alpha value is -2.08. The second-order valence-corrected chi connectivity index (χ2v) is 8.66. The lowest BCUT2D eigenvalue weighted by molar-refractivity contribution is -0.171. The third-order valence-corrected chi connectivity index (χ3v) is 3.76. The average molecular weight is 365 g/mol. The van der Waals surface area contributed by atoms with Gasteiger partial charge in [-0.05, 0) is 38.7 Å². The number of amides is 1. The highest BCUT2D eigenvalue weighted by Gasteiger charge is 2.49. The first kappa shape index (κ1) is 22.0. The Morgan fingerprint density at radius 2 is 1.58 bits per heavy atom. The fraction of sp³-hybridized carbons (Fsp3) is 0.600. The highest BCUT2D eigenvalue weighted by molar-refractivity contribution is 5.86. The van der Waals surface area contributed by atoms with E-state index < -0.39 is 34.7 Å². The Bertz CT molecular complexity index is 615. The first-order valence-electron chi connectivity index (χ1n) is 8.66. The van der Waals surface area contributed by atoms with Gasteiger partial charge in [0.1, 0.15) is 12.2 Å². The van der Waals surface area contributed by atoms with E-state index in [4.69, 9.17) is 9.47 Å². The molecule has 6 heteroatoms. The molecule has 0 fully saturated rings. The number of benzene rings is 1. The lowest BCUT2D eigenvalue weighted by atomic mass is 9.77. The van der Waals surface area contributed by atoms with Gasteiger partial charge in [0.15, 0.2) is 5.54 Å². The molecule has 146 valence electrons. The van der Waals surface area contributed by atoms with E-state index in [1.807, 2.05) is 30.3 Å². The van der Waals surface area contributed by atoms with Crippen molar-refractivity contribution in [3.63, 3.8) is 0 Å². The molecule has 0 aliphatic rings. The molecular formula is C20H31NO5. The maximum Gasteiger partial charge on any atom is 0.408 e. The normalized spacial score (nSPS) is 15.5. The maximum absolute atomic E-state index is 12.7. The van der Waals surface area contributed by atoms with Crippen molar-refractivity contribution in [2.45, 2.75) is 72.3 Å². The Morgan fingerprint density at radius 3 is 2.04 bits per heavy atom. The Balaban J connectivity index is 2.94. The molecule has 0 spiro atoms. The van der Waals surface area contributed by atoms with Gasteiger partial charge in [0, 0.05) is 0 Å². The van der Waals surface area contributed by atoms with Crippen LogP contribution in [0.2, 0.25) is 0 Å². The highest BCUT2D eigenvalue weighted by atomic mass is 16.6. The van der Waals surface area contributed by atoms with Crippen molar-refractivity contribution in [3.8, 4) is 0 Å². The summed E-state index contributed by atoms with van der Waals surface area (Å²) in [5.74, 6) is -0.718. The molecule has 6 nitrogen and oxygen atoms in total. The minimum absolute atomic E-state index is 0.0582. The number of nitrogens with one attached hydrogen (secondary N) is 1. The van der Waals surface area contributed by atoms with Gasteiger partial charge in [-0.1, -0.05) is 51.1 Å². The molecule has 0 bridgehead atoms. The number of aliphatic hydroxyl groups excluding tert-OH is 1. The molecule has 1 aromatic carbocycles. The summed E-state index contributed by atoms with van der Waals surface area (Å²) in [5.41, 5.74) is -2.26. The van der Waals surface area contributed by atoms with Gasteiger partial charge < -0.3 is 19.9 Å². The molecule has 1 amide bonds. The SMILES string of the molecule is CC(C)(C)OC(=O)[C@](C)(NC(=O)OCc1ccccc1)[C@@H](O)C(C)(C)C. The molecule has 0 aromatic heterocycles. The topological polar surface area (TPSA) is 84.9 Å². The summed E-state index contributed by atoms with van der Waals surface area (Å²) in [6, 6.07) is 9.19. The molecule has 0 radical (unpaired) electrons. The third kappa shape index (κ3) is 6.33. The van der Waals surface area contributed by atoms with E-state index >= 15 is 0 Å². The van der Waals surface area contributed by atoms with Crippen LogP contribution in [0.4, 0.5) is 4.79 Å². The summed E-state index contributed by atoms with van der Waals surface area (Å²) in [4.78, 5) is 25.0. The molecule has 1 rings (SSSR count). The summed E-state index contributed by atoms with van der Waals surface area (Å²) in [5, 5.41) is 13.2. The van der Waals surface area contributed by atoms with Gasteiger partial charge in [-0.15, -0.1) is 0 Å². The second kappa shape index (κ2) is 8.08. The zero-order valence-electron chi connectivity index (χ0n) is 16.8. The number of ether oxygens (including phenoxy) is 2. The lowest BCUT2D eigenvalue weighted by Crippen LogP contribution is -2.64. The quantitative estimate of drug-likeness (QED) is 0.781. The zero-order valence-corrected chi connectivity index (χ0v) is 16.8. The van der Waals surface area contributed by atoms with Crippen LogP contribution in [0.5, 0.6) is 0 Å². The molecule has 1 aromatic rings. The first-order chi connectivity index (χ1) is 11.8. The number of aliphatic hydroxyl groups is 1. The Morgan fingerprint density at radius 1 is 1.04 bits per heavy atom. The monoisotopic (exact) mass is 365 g/mol. The van der Waals surface area contributed by atoms with Crippen LogP contribution >= 0.6 is 0 Å². The third-order valence-electron chi connectivity index (χ3n) is 3.76. The standard InChI is InChI=1S/C20H31NO5/c1-18(2,3)15(22)20(7,16(23)26-19(4,5)6)21-17(24)25-13-14-11-9-8-10-12-14/h8-12,15,22H,13H2,1-7H3,(H,21,24)/t15-,20+/m0/s1. The number of carbonyl (C=O) groups excluding carboxylic acids is 2. The Kier molecular flexibility index (Phi) is 6.82. The van der Waals surface area contributed by atoms with Crippen LogP contribution in [-0.2, 0) is 20.9 Å². The predicted molar refractivity (Wildman–Crippen MR) is 99.5 cm³/mol. The number of rotatable bonds is 5. The van der Waals surface area contributed by atoms with Gasteiger partial charge >= 0.3 is 12.1 Å². The van der Waals surface area contributed by atoms with Crippen molar-refractivity contribution >= 4 is 12.1 Å². The summed E-state index contributed by atoms with van der Waals surface area (Å²) in [6.07, 6.45) is -1.99. The van der Waals surface area contributed by atoms with Gasteiger partial charge in [0.25, 0.3) is 0 Å². The first-order valence-corrected chi connectivity index (χ1v) is 8.66. The highest BCUT2D eigenvalue weighted by Crippen LogP contribution is 2.30. The van der Waals surface area contributed by atoms with Crippen LogP contribution in [0.15, 0.2) is 30.3 Å². The van der Waals surface area contributed by atoms with Crippen LogP contribution in [-0.4, -0.2) is 34.4 Å². The maximum atomic E-state index is 12.7. The minimum atomic E-state index is -1.65. The molecule has 0 aliphatic heterocycles. The average Bonchev–Trinajstić information content (AvgIpc) is 2.50. The summed E-state index contributed by atoms with van der Waals surface area (Å²) in [6.45, 7) is 12.0. The number of hydrogen-bond donors (Lipinski definition) is 2. The summed E-state index contributed by atoms with van der Waals surface area (Å²) < 4.78 is 10.6. The van der Waals surface area contributed by atoms with E-state index in [2.05, 4.69) is 5.32 Å². The van der Waals surface area contributed by atoms with E-state index in [0.29, 0.717) is 0 Å². The minimum Gasteiger partial charge on any atom is -0.458 e. The van der Waals surface area contributed by atoms with E-state index in [-0.39, 0.29) is 6.61 Å². The lowest BCUT2D eigenvalue weighted by Gasteiger charge is -2.40.